The summed E-state index contributed by atoms with van der Waals surface area (Å²) in [7, 11) is 0. The monoisotopic (exact) mass is 286 g/mol. The molecule has 6 heteroatoms. The fraction of sp³-hybridized carbons (Fsp3) is 0.538. The minimum absolute atomic E-state index is 0.382. The average Bonchev–Trinajstić information content (AvgIpc) is 2.41. The van der Waals surface area contributed by atoms with E-state index < -0.39 is 29.9 Å². The van der Waals surface area contributed by atoms with E-state index in [-0.39, 0.29) is 6.61 Å². The van der Waals surface area contributed by atoms with Gasteiger partial charge in [0, 0.05) is 0 Å². The third kappa shape index (κ3) is 3.21. The van der Waals surface area contributed by atoms with Gasteiger partial charge >= 0.3 is 0 Å². The van der Waals surface area contributed by atoms with Crippen molar-refractivity contribution in [1.82, 2.24) is 0 Å². The molecule has 19 heavy (non-hydrogen) atoms. The van der Waals surface area contributed by atoms with E-state index in [0.29, 0.717) is 5.75 Å². The van der Waals surface area contributed by atoms with Crippen LogP contribution in [0.15, 0.2) is 24.3 Å². The maximum atomic E-state index is 10.0. The quantitative estimate of drug-likeness (QED) is 0.593. The first-order chi connectivity index (χ1) is 9.02. The van der Waals surface area contributed by atoms with Gasteiger partial charge in [0.25, 0.3) is 0 Å². The molecule has 0 spiro atoms. The molecule has 1 aromatic carbocycles. The number of rotatable bonds is 3. The first-order valence-electron chi connectivity index (χ1n) is 6.07. The molecular formula is C13H18O5S. The van der Waals surface area contributed by atoms with Crippen LogP contribution < -0.4 is 4.74 Å². The Balaban J connectivity index is 2.09. The molecule has 0 amide bonds. The summed E-state index contributed by atoms with van der Waals surface area (Å²) < 4.78 is 10.9. The van der Waals surface area contributed by atoms with Gasteiger partial charge in [0.1, 0.15) is 29.5 Å². The van der Waals surface area contributed by atoms with Crippen LogP contribution in [0, 0.1) is 6.92 Å². The van der Waals surface area contributed by atoms with Gasteiger partial charge in [-0.25, -0.2) is 0 Å². The predicted octanol–water partition coefficient (Wildman–Crippen LogP) is 0.111. The van der Waals surface area contributed by atoms with Crippen LogP contribution in [0.2, 0.25) is 0 Å². The molecule has 0 bridgehead atoms. The van der Waals surface area contributed by atoms with E-state index in [2.05, 4.69) is 12.6 Å². The van der Waals surface area contributed by atoms with E-state index in [9.17, 15) is 10.2 Å². The van der Waals surface area contributed by atoms with E-state index in [4.69, 9.17) is 14.6 Å². The smallest absolute Gasteiger partial charge is 0.162 e. The molecule has 0 aromatic heterocycles. The number of benzene rings is 1. The van der Waals surface area contributed by atoms with Crippen molar-refractivity contribution in [3.63, 3.8) is 0 Å². The van der Waals surface area contributed by atoms with Gasteiger partial charge in [-0.15, -0.1) is 12.6 Å². The lowest BCUT2D eigenvalue weighted by Gasteiger charge is -2.40. The molecule has 0 saturated carbocycles. The average molecular weight is 286 g/mol. The van der Waals surface area contributed by atoms with E-state index in [0.717, 1.165) is 5.56 Å². The first-order valence-corrected chi connectivity index (χ1v) is 6.58. The number of thiol groups is 1. The number of aryl methyl sites for hydroxylation is 1. The lowest BCUT2D eigenvalue weighted by atomic mass is 10.00. The predicted molar refractivity (Wildman–Crippen MR) is 72.3 cm³/mol. The highest BCUT2D eigenvalue weighted by atomic mass is 32.1. The molecule has 1 aliphatic rings. The summed E-state index contributed by atoms with van der Waals surface area (Å²) in [5, 5.41) is 28.8. The molecule has 1 heterocycles. The van der Waals surface area contributed by atoms with E-state index >= 15 is 0 Å². The standard InChI is InChI=1S/C13H18O5S/c1-7-2-4-8(5-3-7)17-12-11(16)10(15)9(6-14)18-13(12)19/h2-5,9-16,19H,6H2,1H3/t9-,10-,11+,12-,13+/m1/s1. The van der Waals surface area contributed by atoms with Gasteiger partial charge in [0.05, 0.1) is 6.61 Å². The highest BCUT2D eigenvalue weighted by molar-refractivity contribution is 7.80. The van der Waals surface area contributed by atoms with Gasteiger partial charge in [-0.3, -0.25) is 0 Å². The molecular weight excluding hydrogens is 268 g/mol. The summed E-state index contributed by atoms with van der Waals surface area (Å²) in [6.07, 6.45) is -4.03. The lowest BCUT2D eigenvalue weighted by molar-refractivity contribution is -0.198. The highest BCUT2D eigenvalue weighted by Gasteiger charge is 2.44. The largest absolute Gasteiger partial charge is 0.484 e. The maximum Gasteiger partial charge on any atom is 0.162 e. The number of aliphatic hydroxyl groups excluding tert-OH is 3. The van der Waals surface area contributed by atoms with E-state index in [1.165, 1.54) is 0 Å². The van der Waals surface area contributed by atoms with Gasteiger partial charge < -0.3 is 24.8 Å². The lowest BCUT2D eigenvalue weighted by Crippen LogP contribution is -2.58. The second-order valence-corrected chi connectivity index (χ2v) is 5.13. The Bertz CT molecular complexity index is 410. The summed E-state index contributed by atoms with van der Waals surface area (Å²) in [6.45, 7) is 1.58. The van der Waals surface area contributed by atoms with Crippen LogP contribution in [0.1, 0.15) is 5.56 Å². The Kier molecular flexibility index (Phi) is 4.70. The van der Waals surface area contributed by atoms with Crippen molar-refractivity contribution >= 4 is 12.6 Å². The van der Waals surface area contributed by atoms with Gasteiger partial charge in [-0.2, -0.15) is 0 Å². The van der Waals surface area contributed by atoms with Gasteiger partial charge in [-0.1, -0.05) is 17.7 Å². The van der Waals surface area contributed by atoms with Crippen LogP contribution in [-0.4, -0.2) is 51.8 Å². The number of ether oxygens (including phenoxy) is 2. The SMILES string of the molecule is Cc1ccc(O[C@@H]2[C@@H](O)[C@H](O)[C@@H](CO)O[C@H]2S)cc1. The molecule has 1 aromatic rings. The molecule has 0 unspecified atom stereocenters. The van der Waals surface area contributed by atoms with Crippen molar-refractivity contribution in [2.75, 3.05) is 6.61 Å². The van der Waals surface area contributed by atoms with Crippen LogP contribution in [0.3, 0.4) is 0 Å². The Morgan fingerprint density at radius 2 is 1.84 bits per heavy atom. The number of hydrogen-bond donors (Lipinski definition) is 4. The second kappa shape index (κ2) is 6.11. The van der Waals surface area contributed by atoms with Gasteiger partial charge in [-0.05, 0) is 19.1 Å². The molecule has 1 saturated heterocycles. The van der Waals surface area contributed by atoms with Crippen molar-refractivity contribution < 1.29 is 24.8 Å². The zero-order valence-corrected chi connectivity index (χ0v) is 11.4. The molecule has 1 fully saturated rings. The van der Waals surface area contributed by atoms with Crippen LogP contribution in [0.5, 0.6) is 5.75 Å². The molecule has 3 N–H and O–H groups in total. The molecule has 0 aliphatic carbocycles. The summed E-state index contributed by atoms with van der Waals surface area (Å²) >= 11 is 4.19. The summed E-state index contributed by atoms with van der Waals surface area (Å²) in [5.74, 6) is 0.562. The van der Waals surface area contributed by atoms with E-state index in [1.807, 2.05) is 19.1 Å². The summed E-state index contributed by atoms with van der Waals surface area (Å²) in [4.78, 5) is 0. The number of aliphatic hydroxyl groups is 3. The Labute approximate surface area is 117 Å². The van der Waals surface area contributed by atoms with Crippen LogP contribution in [0.25, 0.3) is 0 Å². The first kappa shape index (κ1) is 14.6. The zero-order valence-electron chi connectivity index (χ0n) is 10.5. The van der Waals surface area contributed by atoms with Gasteiger partial charge in [0.15, 0.2) is 6.10 Å². The summed E-state index contributed by atoms with van der Waals surface area (Å²) in [5.41, 5.74) is 0.368. The normalized spacial score (nSPS) is 35.1. The third-order valence-electron chi connectivity index (χ3n) is 3.14. The van der Waals surface area contributed by atoms with Gasteiger partial charge in [0.2, 0.25) is 0 Å². The molecule has 2 rings (SSSR count). The van der Waals surface area contributed by atoms with Crippen LogP contribution >= 0.6 is 12.6 Å². The van der Waals surface area contributed by atoms with Crippen LogP contribution in [-0.2, 0) is 4.74 Å². The third-order valence-corrected chi connectivity index (χ3v) is 3.55. The van der Waals surface area contributed by atoms with Crippen molar-refractivity contribution in [2.45, 2.75) is 36.8 Å². The molecule has 5 atom stereocenters. The Morgan fingerprint density at radius 3 is 2.42 bits per heavy atom. The van der Waals surface area contributed by atoms with Crippen molar-refractivity contribution in [1.29, 1.82) is 0 Å². The molecule has 5 nitrogen and oxygen atoms in total. The fourth-order valence-electron chi connectivity index (χ4n) is 1.97. The second-order valence-electron chi connectivity index (χ2n) is 4.62. The van der Waals surface area contributed by atoms with Crippen LogP contribution in [0.4, 0.5) is 0 Å². The highest BCUT2D eigenvalue weighted by Crippen LogP contribution is 2.27. The fourth-order valence-corrected chi connectivity index (χ4v) is 2.37. The van der Waals surface area contributed by atoms with Crippen molar-refractivity contribution in [2.24, 2.45) is 0 Å². The summed E-state index contributed by atoms with van der Waals surface area (Å²) in [6, 6.07) is 7.30. The zero-order chi connectivity index (χ0) is 14.0. The van der Waals surface area contributed by atoms with Crippen molar-refractivity contribution in [3.8, 4) is 5.75 Å². The Hall–Kier alpha value is -0.790. The van der Waals surface area contributed by atoms with E-state index in [1.54, 1.807) is 12.1 Å². The Morgan fingerprint density at radius 1 is 1.21 bits per heavy atom. The van der Waals surface area contributed by atoms with Crippen molar-refractivity contribution in [3.05, 3.63) is 29.8 Å². The topological polar surface area (TPSA) is 79.2 Å². The number of hydrogen-bond acceptors (Lipinski definition) is 6. The molecule has 106 valence electrons. The molecule has 0 radical (unpaired) electrons. The minimum Gasteiger partial charge on any atom is -0.484 e. The maximum absolute atomic E-state index is 10.0. The minimum atomic E-state index is -1.20. The molecule has 1 aliphatic heterocycles.